The molecule has 0 fully saturated rings. The molecule has 15 aromatic rings. The zero-order valence-electron chi connectivity index (χ0n) is 37.4. The minimum atomic E-state index is 0.571. The number of hydrogen-bond acceptors (Lipinski definition) is 5. The van der Waals surface area contributed by atoms with Gasteiger partial charge in [0.05, 0.1) is 39.1 Å². The maximum absolute atomic E-state index is 6.38. The Hall–Kier alpha value is -9.59. The van der Waals surface area contributed by atoms with E-state index in [9.17, 15) is 0 Å². The van der Waals surface area contributed by atoms with Crippen molar-refractivity contribution in [2.45, 2.75) is 0 Å². The van der Waals surface area contributed by atoms with E-state index in [1.165, 1.54) is 5.56 Å². The molecule has 0 atom stereocenters. The topological polar surface area (TPSA) is 74.8 Å². The molecule has 9 aromatic carbocycles. The molecule has 6 aromatic heterocycles. The molecule has 0 saturated carbocycles. The summed E-state index contributed by atoms with van der Waals surface area (Å²) in [5.74, 6) is 1.37. The van der Waals surface area contributed by atoms with E-state index in [2.05, 4.69) is 209 Å². The Kier molecular flexibility index (Phi) is 8.23. The first-order chi connectivity index (χ1) is 34.7. The summed E-state index contributed by atoms with van der Waals surface area (Å²) in [6.45, 7) is 0. The molecule has 0 amide bonds. The van der Waals surface area contributed by atoms with Crippen molar-refractivity contribution in [2.24, 2.45) is 0 Å². The van der Waals surface area contributed by atoms with E-state index in [1.54, 1.807) is 0 Å². The second kappa shape index (κ2) is 15.0. The summed E-state index contributed by atoms with van der Waals surface area (Å²) < 4.78 is 17.2. The van der Waals surface area contributed by atoms with Crippen molar-refractivity contribution in [1.82, 2.24) is 24.1 Å². The van der Waals surface area contributed by atoms with Crippen LogP contribution in [-0.4, -0.2) is 24.1 Å². The first-order valence-electron chi connectivity index (χ1n) is 23.5. The maximum Gasteiger partial charge on any atom is 0.235 e. The quantitative estimate of drug-likeness (QED) is 0.166. The lowest BCUT2D eigenvalue weighted by atomic mass is 10.0. The summed E-state index contributed by atoms with van der Waals surface area (Å²) in [6.07, 6.45) is 0. The van der Waals surface area contributed by atoms with Crippen LogP contribution in [-0.2, 0) is 0 Å². The van der Waals surface area contributed by atoms with Gasteiger partial charge in [0, 0.05) is 59.8 Å². The highest BCUT2D eigenvalue weighted by Crippen LogP contribution is 2.43. The van der Waals surface area contributed by atoms with E-state index >= 15 is 0 Å². The molecule has 7 heteroatoms. The van der Waals surface area contributed by atoms with Gasteiger partial charge in [-0.3, -0.25) is 9.13 Å². The van der Waals surface area contributed by atoms with Crippen molar-refractivity contribution in [2.75, 3.05) is 0 Å². The Morgan fingerprint density at radius 1 is 0.271 bits per heavy atom. The van der Waals surface area contributed by atoms with Crippen LogP contribution >= 0.6 is 0 Å². The predicted molar refractivity (Wildman–Crippen MR) is 285 cm³/mol. The molecular formula is C63H37N5O2. The van der Waals surface area contributed by atoms with E-state index in [-0.39, 0.29) is 0 Å². The number of fused-ring (bicyclic) bond motifs is 13. The van der Waals surface area contributed by atoms with Gasteiger partial charge in [-0.05, 0) is 96.1 Å². The third-order valence-electron chi connectivity index (χ3n) is 14.0. The first-order valence-corrected chi connectivity index (χ1v) is 23.5. The molecular weight excluding hydrogens is 859 g/mol. The second-order valence-corrected chi connectivity index (χ2v) is 17.9. The minimum Gasteiger partial charge on any atom is -0.456 e. The van der Waals surface area contributed by atoms with Crippen LogP contribution in [0.25, 0.3) is 144 Å². The average molecular weight is 896 g/mol. The fourth-order valence-corrected chi connectivity index (χ4v) is 10.7. The Balaban J connectivity index is 0.970. The van der Waals surface area contributed by atoms with Crippen molar-refractivity contribution in [3.8, 4) is 56.7 Å². The number of hydrogen-bond donors (Lipinski definition) is 0. The molecule has 0 unspecified atom stereocenters. The number of furan rings is 2. The van der Waals surface area contributed by atoms with Gasteiger partial charge >= 0.3 is 0 Å². The van der Waals surface area contributed by atoms with Gasteiger partial charge in [-0.1, -0.05) is 140 Å². The average Bonchev–Trinajstić information content (AvgIpc) is 4.18. The zero-order valence-corrected chi connectivity index (χ0v) is 37.4. The molecule has 0 aliphatic carbocycles. The lowest BCUT2D eigenvalue weighted by Gasteiger charge is -2.14. The fraction of sp³-hybridized carbons (Fsp3) is 0. The Bertz CT molecular complexity index is 4600. The van der Waals surface area contributed by atoms with Gasteiger partial charge in [-0.25, -0.2) is 15.0 Å². The largest absolute Gasteiger partial charge is 0.456 e. The molecule has 0 spiro atoms. The van der Waals surface area contributed by atoms with Crippen LogP contribution in [0.5, 0.6) is 0 Å². The predicted octanol–water partition coefficient (Wildman–Crippen LogP) is 16.5. The van der Waals surface area contributed by atoms with Crippen molar-refractivity contribution in [1.29, 1.82) is 0 Å². The number of nitrogens with zero attached hydrogens (tertiary/aromatic N) is 5. The molecule has 0 aliphatic heterocycles. The Labute approximate surface area is 399 Å². The Morgan fingerprint density at radius 2 is 0.757 bits per heavy atom. The maximum atomic E-state index is 6.38. The third-order valence-corrected chi connectivity index (χ3v) is 14.0. The van der Waals surface area contributed by atoms with E-state index in [0.29, 0.717) is 5.95 Å². The van der Waals surface area contributed by atoms with Gasteiger partial charge in [0.25, 0.3) is 0 Å². The summed E-state index contributed by atoms with van der Waals surface area (Å²) in [5, 5.41) is 8.68. The highest BCUT2D eigenvalue weighted by molar-refractivity contribution is 6.23. The standard InChI is InChI=1S/C63H37N5O2/c1-3-14-38(15-4-1)40-26-31-58-49(34-40)50-35-41(27-32-59(50)70-58)51-21-13-25-60(64-51)67-54-22-10-7-18-43(54)46-29-30-47-44-19-8-11-23-55(44)68(62(47)61(46)67)63-65-52(39-16-5-2-6-17-39)37-53(66-63)42-28-33-57-48(36-42)45-20-9-12-24-56(45)69-57/h1-37H. The van der Waals surface area contributed by atoms with Crippen LogP contribution < -0.4 is 0 Å². The molecule has 70 heavy (non-hydrogen) atoms. The SMILES string of the molecule is c1ccc(-c2ccc3oc4ccc(-c5cccc(-n6c7ccccc7c7ccc8c9ccccc9n(-c9nc(-c%10ccccc%10)cc(-c%10ccc%11oc%12ccccc%12c%11c%10)n9)c8c76)n5)cc4c3c2)cc1. The molecule has 7 nitrogen and oxygen atoms in total. The lowest BCUT2D eigenvalue weighted by Crippen LogP contribution is -2.05. The number of benzene rings is 9. The van der Waals surface area contributed by atoms with Gasteiger partial charge in [0.2, 0.25) is 5.95 Å². The summed E-state index contributed by atoms with van der Waals surface area (Å²) in [7, 11) is 0. The Morgan fingerprint density at radius 3 is 1.43 bits per heavy atom. The highest BCUT2D eigenvalue weighted by atomic mass is 16.3. The monoisotopic (exact) mass is 895 g/mol. The van der Waals surface area contributed by atoms with E-state index in [1.807, 2.05) is 24.3 Å². The number of rotatable bonds is 6. The van der Waals surface area contributed by atoms with Gasteiger partial charge in [0.1, 0.15) is 28.1 Å². The highest BCUT2D eigenvalue weighted by Gasteiger charge is 2.24. The van der Waals surface area contributed by atoms with Gasteiger partial charge < -0.3 is 8.83 Å². The number of aromatic nitrogens is 5. The fourth-order valence-electron chi connectivity index (χ4n) is 10.7. The number of pyridine rings is 1. The van der Waals surface area contributed by atoms with Crippen molar-refractivity contribution in [3.05, 3.63) is 224 Å². The summed E-state index contributed by atoms with van der Waals surface area (Å²) in [4.78, 5) is 16.5. The van der Waals surface area contributed by atoms with E-state index in [4.69, 9.17) is 23.8 Å². The molecule has 0 saturated heterocycles. The zero-order chi connectivity index (χ0) is 45.9. The van der Waals surface area contributed by atoms with Crippen LogP contribution in [0.1, 0.15) is 0 Å². The lowest BCUT2D eigenvalue weighted by molar-refractivity contribution is 0.668. The van der Waals surface area contributed by atoms with Crippen molar-refractivity contribution < 1.29 is 8.83 Å². The van der Waals surface area contributed by atoms with Crippen molar-refractivity contribution in [3.63, 3.8) is 0 Å². The van der Waals surface area contributed by atoms with Crippen LogP contribution in [0.2, 0.25) is 0 Å². The van der Waals surface area contributed by atoms with Crippen LogP contribution in [0.4, 0.5) is 0 Å². The molecule has 0 bridgehead atoms. The molecule has 0 N–H and O–H groups in total. The molecule has 326 valence electrons. The minimum absolute atomic E-state index is 0.571. The number of para-hydroxylation sites is 3. The molecule has 0 aliphatic rings. The first kappa shape index (κ1) is 38.5. The van der Waals surface area contributed by atoms with E-state index < -0.39 is 0 Å². The normalized spacial score (nSPS) is 12.0. The van der Waals surface area contributed by atoms with Crippen LogP contribution in [0.3, 0.4) is 0 Å². The van der Waals surface area contributed by atoms with Gasteiger partial charge in [-0.15, -0.1) is 0 Å². The molecule has 6 heterocycles. The third kappa shape index (κ3) is 5.85. The smallest absolute Gasteiger partial charge is 0.235 e. The van der Waals surface area contributed by atoms with Crippen LogP contribution in [0.15, 0.2) is 233 Å². The molecule has 15 rings (SSSR count). The van der Waals surface area contributed by atoms with Crippen LogP contribution in [0, 0.1) is 0 Å². The second-order valence-electron chi connectivity index (χ2n) is 17.9. The summed E-state index contributed by atoms with van der Waals surface area (Å²) >= 11 is 0. The molecule has 0 radical (unpaired) electrons. The summed E-state index contributed by atoms with van der Waals surface area (Å²) in [6, 6.07) is 78.3. The van der Waals surface area contributed by atoms with E-state index in [0.717, 1.165) is 133 Å². The summed E-state index contributed by atoms with van der Waals surface area (Å²) in [5.41, 5.74) is 15.3. The van der Waals surface area contributed by atoms with Crippen molar-refractivity contribution >= 4 is 87.5 Å². The van der Waals surface area contributed by atoms with Gasteiger partial charge in [-0.2, -0.15) is 0 Å². The van der Waals surface area contributed by atoms with Gasteiger partial charge in [0.15, 0.2) is 0 Å².